The summed E-state index contributed by atoms with van der Waals surface area (Å²) in [4.78, 5) is 14.6. The molecule has 0 spiro atoms. The number of halogens is 1. The molecule has 0 aromatic heterocycles. The maximum Gasteiger partial charge on any atom is 0.322 e. The Morgan fingerprint density at radius 3 is 2.65 bits per heavy atom. The van der Waals surface area contributed by atoms with Gasteiger partial charge in [0.1, 0.15) is 11.9 Å². The number of rotatable bonds is 3. The third-order valence-electron chi connectivity index (χ3n) is 4.75. The van der Waals surface area contributed by atoms with E-state index in [1.807, 2.05) is 25.1 Å². The quantitative estimate of drug-likeness (QED) is 0.853. The monoisotopic (exact) mass is 356 g/mol. The van der Waals surface area contributed by atoms with E-state index in [4.69, 9.17) is 4.74 Å². The molecule has 138 valence electrons. The van der Waals surface area contributed by atoms with Crippen LogP contribution in [0.5, 0.6) is 0 Å². The van der Waals surface area contributed by atoms with E-state index in [2.05, 4.69) is 19.2 Å². The summed E-state index contributed by atoms with van der Waals surface area (Å²) >= 11 is 0. The van der Waals surface area contributed by atoms with E-state index >= 15 is 0 Å². The van der Waals surface area contributed by atoms with Gasteiger partial charge in [0.05, 0.1) is 13.2 Å². The SMILES string of the molecule is Cc1cccc(C(C)C)c1NC(=O)N1CCOC(c2ccc(F)cc2)C1. The second kappa shape index (κ2) is 7.87. The number of aryl methyl sites for hydroxylation is 1. The van der Waals surface area contributed by atoms with Gasteiger partial charge in [-0.05, 0) is 41.7 Å². The highest BCUT2D eigenvalue weighted by Crippen LogP contribution is 2.28. The zero-order valence-electron chi connectivity index (χ0n) is 15.5. The first-order valence-electron chi connectivity index (χ1n) is 8.98. The molecule has 1 atom stereocenters. The van der Waals surface area contributed by atoms with Crippen LogP contribution in [0.3, 0.4) is 0 Å². The van der Waals surface area contributed by atoms with Crippen molar-refractivity contribution in [1.29, 1.82) is 0 Å². The smallest absolute Gasteiger partial charge is 0.322 e. The number of para-hydroxylation sites is 1. The van der Waals surface area contributed by atoms with E-state index in [0.29, 0.717) is 25.6 Å². The van der Waals surface area contributed by atoms with Crippen LogP contribution in [-0.4, -0.2) is 30.6 Å². The van der Waals surface area contributed by atoms with Crippen molar-refractivity contribution in [1.82, 2.24) is 4.90 Å². The third-order valence-corrected chi connectivity index (χ3v) is 4.75. The van der Waals surface area contributed by atoms with Gasteiger partial charge in [-0.25, -0.2) is 9.18 Å². The van der Waals surface area contributed by atoms with Gasteiger partial charge in [0.2, 0.25) is 0 Å². The number of nitrogens with one attached hydrogen (secondary N) is 1. The number of carbonyl (C=O) groups is 1. The number of morpholine rings is 1. The Kier molecular flexibility index (Phi) is 5.57. The summed E-state index contributed by atoms with van der Waals surface area (Å²) in [5.41, 5.74) is 3.94. The number of carbonyl (C=O) groups excluding carboxylic acids is 1. The van der Waals surface area contributed by atoms with Crippen LogP contribution in [0.4, 0.5) is 14.9 Å². The van der Waals surface area contributed by atoms with Crippen LogP contribution in [0.2, 0.25) is 0 Å². The van der Waals surface area contributed by atoms with E-state index in [-0.39, 0.29) is 18.0 Å². The van der Waals surface area contributed by atoms with Crippen molar-refractivity contribution in [2.75, 3.05) is 25.0 Å². The molecule has 2 aromatic rings. The van der Waals surface area contributed by atoms with Gasteiger partial charge in [-0.1, -0.05) is 44.2 Å². The van der Waals surface area contributed by atoms with Crippen LogP contribution in [0.25, 0.3) is 0 Å². The summed E-state index contributed by atoms with van der Waals surface area (Å²) in [6, 6.07) is 12.2. The van der Waals surface area contributed by atoms with Crippen LogP contribution in [0.1, 0.15) is 42.6 Å². The van der Waals surface area contributed by atoms with E-state index in [9.17, 15) is 9.18 Å². The molecule has 1 saturated heterocycles. The topological polar surface area (TPSA) is 41.6 Å². The van der Waals surface area contributed by atoms with Crippen LogP contribution in [-0.2, 0) is 4.74 Å². The highest BCUT2D eigenvalue weighted by molar-refractivity contribution is 5.91. The maximum atomic E-state index is 13.1. The molecule has 0 aliphatic carbocycles. The molecule has 0 bridgehead atoms. The van der Waals surface area contributed by atoms with Gasteiger partial charge in [-0.15, -0.1) is 0 Å². The Bertz CT molecular complexity index is 774. The summed E-state index contributed by atoms with van der Waals surface area (Å²) < 4.78 is 18.9. The van der Waals surface area contributed by atoms with Gasteiger partial charge < -0.3 is 15.0 Å². The molecule has 26 heavy (non-hydrogen) atoms. The van der Waals surface area contributed by atoms with E-state index in [1.54, 1.807) is 17.0 Å². The number of nitrogens with zero attached hydrogens (tertiary/aromatic N) is 1. The molecule has 1 heterocycles. The Balaban J connectivity index is 1.73. The Labute approximate surface area is 154 Å². The molecule has 5 heteroatoms. The maximum absolute atomic E-state index is 13.1. The fourth-order valence-electron chi connectivity index (χ4n) is 3.24. The molecule has 1 aliphatic heterocycles. The normalized spacial score (nSPS) is 17.4. The largest absolute Gasteiger partial charge is 0.370 e. The van der Waals surface area contributed by atoms with Gasteiger partial charge in [-0.2, -0.15) is 0 Å². The lowest BCUT2D eigenvalue weighted by molar-refractivity contribution is -0.0135. The zero-order chi connectivity index (χ0) is 18.7. The molecule has 1 N–H and O–H groups in total. The summed E-state index contributed by atoms with van der Waals surface area (Å²) in [7, 11) is 0. The average molecular weight is 356 g/mol. The number of amides is 2. The lowest BCUT2D eigenvalue weighted by Gasteiger charge is -2.33. The number of urea groups is 1. The second-order valence-electron chi connectivity index (χ2n) is 6.98. The Morgan fingerprint density at radius 1 is 1.23 bits per heavy atom. The van der Waals surface area contributed by atoms with Gasteiger partial charge in [-0.3, -0.25) is 0 Å². The van der Waals surface area contributed by atoms with Crippen molar-refractivity contribution in [3.8, 4) is 0 Å². The van der Waals surface area contributed by atoms with Crippen molar-refractivity contribution in [2.45, 2.75) is 32.8 Å². The van der Waals surface area contributed by atoms with Crippen LogP contribution in [0, 0.1) is 12.7 Å². The van der Waals surface area contributed by atoms with Crippen molar-refractivity contribution < 1.29 is 13.9 Å². The van der Waals surface area contributed by atoms with E-state index in [1.165, 1.54) is 12.1 Å². The molecule has 3 rings (SSSR count). The summed E-state index contributed by atoms with van der Waals surface area (Å²) in [6.45, 7) is 7.67. The van der Waals surface area contributed by atoms with E-state index in [0.717, 1.165) is 22.4 Å². The zero-order valence-corrected chi connectivity index (χ0v) is 15.5. The van der Waals surface area contributed by atoms with Gasteiger partial charge in [0.15, 0.2) is 0 Å². The van der Waals surface area contributed by atoms with Crippen molar-refractivity contribution in [3.05, 3.63) is 65.0 Å². The van der Waals surface area contributed by atoms with Gasteiger partial charge in [0.25, 0.3) is 0 Å². The predicted molar refractivity (Wildman–Crippen MR) is 101 cm³/mol. The van der Waals surface area contributed by atoms with E-state index < -0.39 is 0 Å². The molecule has 1 fully saturated rings. The minimum absolute atomic E-state index is 0.128. The highest BCUT2D eigenvalue weighted by atomic mass is 19.1. The molecule has 0 radical (unpaired) electrons. The van der Waals surface area contributed by atoms with Crippen molar-refractivity contribution in [2.24, 2.45) is 0 Å². The fourth-order valence-corrected chi connectivity index (χ4v) is 3.24. The number of anilines is 1. The number of hydrogen-bond donors (Lipinski definition) is 1. The van der Waals surface area contributed by atoms with Crippen LogP contribution < -0.4 is 5.32 Å². The average Bonchev–Trinajstić information content (AvgIpc) is 2.64. The second-order valence-corrected chi connectivity index (χ2v) is 6.98. The summed E-state index contributed by atoms with van der Waals surface area (Å²) in [5, 5.41) is 3.08. The summed E-state index contributed by atoms with van der Waals surface area (Å²) in [6.07, 6.45) is -0.239. The van der Waals surface area contributed by atoms with Crippen LogP contribution >= 0.6 is 0 Å². The number of hydrogen-bond acceptors (Lipinski definition) is 2. The first kappa shape index (κ1) is 18.4. The lowest BCUT2D eigenvalue weighted by Crippen LogP contribution is -2.44. The first-order chi connectivity index (χ1) is 12.5. The van der Waals surface area contributed by atoms with Crippen molar-refractivity contribution in [3.63, 3.8) is 0 Å². The minimum atomic E-state index is -0.278. The fraction of sp³-hybridized carbons (Fsp3) is 0.381. The lowest BCUT2D eigenvalue weighted by atomic mass is 9.98. The molecular weight excluding hydrogens is 331 g/mol. The number of benzene rings is 2. The molecule has 0 saturated carbocycles. The molecule has 2 aromatic carbocycles. The van der Waals surface area contributed by atoms with Crippen molar-refractivity contribution >= 4 is 11.7 Å². The number of ether oxygens (including phenoxy) is 1. The molecule has 1 unspecified atom stereocenters. The highest BCUT2D eigenvalue weighted by Gasteiger charge is 2.26. The molecule has 1 aliphatic rings. The van der Waals surface area contributed by atoms with Gasteiger partial charge in [0, 0.05) is 12.2 Å². The first-order valence-corrected chi connectivity index (χ1v) is 8.98. The molecule has 4 nitrogen and oxygen atoms in total. The Hall–Kier alpha value is -2.40. The summed E-state index contributed by atoms with van der Waals surface area (Å²) in [5.74, 6) is 0.0433. The molecular formula is C21H25FN2O2. The standard InChI is InChI=1S/C21H25FN2O2/c1-14(2)18-6-4-5-15(3)20(18)23-21(25)24-11-12-26-19(13-24)16-7-9-17(22)10-8-16/h4-10,14,19H,11-13H2,1-3H3,(H,23,25). The predicted octanol–water partition coefficient (Wildman–Crippen LogP) is 4.86. The van der Waals surface area contributed by atoms with Gasteiger partial charge >= 0.3 is 6.03 Å². The molecule has 2 amide bonds. The van der Waals surface area contributed by atoms with Crippen LogP contribution in [0.15, 0.2) is 42.5 Å². The Morgan fingerprint density at radius 2 is 1.96 bits per heavy atom. The third kappa shape index (κ3) is 4.05. The minimum Gasteiger partial charge on any atom is -0.370 e.